The lowest BCUT2D eigenvalue weighted by Gasteiger charge is -2.04. The quantitative estimate of drug-likeness (QED) is 0.781. The first-order valence-electron chi connectivity index (χ1n) is 5.82. The second-order valence-electron chi connectivity index (χ2n) is 3.91. The van der Waals surface area contributed by atoms with E-state index < -0.39 is 0 Å². The van der Waals surface area contributed by atoms with Gasteiger partial charge in [-0.2, -0.15) is 0 Å². The number of fused-ring (bicyclic) bond motifs is 1. The number of hydrogen-bond acceptors (Lipinski definition) is 5. The summed E-state index contributed by atoms with van der Waals surface area (Å²) in [4.78, 5) is 7.00. The van der Waals surface area contributed by atoms with E-state index in [9.17, 15) is 0 Å². The van der Waals surface area contributed by atoms with Gasteiger partial charge < -0.3 is 5.32 Å². The van der Waals surface area contributed by atoms with Crippen molar-refractivity contribution in [3.8, 4) is 0 Å². The molecule has 0 radical (unpaired) electrons. The molecule has 92 valence electrons. The monoisotopic (exact) mass is 259 g/mol. The number of nitrogens with zero attached hydrogens (tertiary/aromatic N) is 4. The van der Waals surface area contributed by atoms with Crippen molar-refractivity contribution in [1.29, 1.82) is 0 Å². The summed E-state index contributed by atoms with van der Waals surface area (Å²) in [5.74, 6) is 0.765. The Kier molecular flexibility index (Phi) is 2.93. The van der Waals surface area contributed by atoms with Gasteiger partial charge in [0.1, 0.15) is 6.33 Å². The van der Waals surface area contributed by atoms with Crippen LogP contribution in [-0.4, -0.2) is 19.6 Å². The Bertz CT molecular complexity index is 657. The Morgan fingerprint density at radius 2 is 2.22 bits per heavy atom. The third-order valence-electron chi connectivity index (χ3n) is 2.71. The summed E-state index contributed by atoms with van der Waals surface area (Å²) in [5.41, 5.74) is 0.754. The SMILES string of the molecule is CCc1ccc(CNc2nccn3cnnc23)s1. The zero-order valence-electron chi connectivity index (χ0n) is 10.00. The third kappa shape index (κ3) is 2.06. The molecule has 3 heterocycles. The second kappa shape index (κ2) is 4.73. The van der Waals surface area contributed by atoms with E-state index >= 15 is 0 Å². The molecule has 0 saturated heterocycles. The van der Waals surface area contributed by atoms with Crippen LogP contribution in [0.2, 0.25) is 0 Å². The first-order valence-corrected chi connectivity index (χ1v) is 6.64. The number of anilines is 1. The average Bonchev–Trinajstić information content (AvgIpc) is 3.05. The van der Waals surface area contributed by atoms with E-state index in [2.05, 4.69) is 39.6 Å². The summed E-state index contributed by atoms with van der Waals surface area (Å²) >= 11 is 1.83. The van der Waals surface area contributed by atoms with Gasteiger partial charge in [0.15, 0.2) is 5.82 Å². The molecule has 6 heteroatoms. The smallest absolute Gasteiger partial charge is 0.203 e. The minimum Gasteiger partial charge on any atom is -0.362 e. The molecule has 0 spiro atoms. The van der Waals surface area contributed by atoms with E-state index in [0.29, 0.717) is 0 Å². The molecule has 0 aliphatic carbocycles. The van der Waals surface area contributed by atoms with E-state index in [1.54, 1.807) is 12.5 Å². The van der Waals surface area contributed by atoms with Crippen molar-refractivity contribution in [2.75, 3.05) is 5.32 Å². The molecule has 5 nitrogen and oxygen atoms in total. The topological polar surface area (TPSA) is 55.1 Å². The van der Waals surface area contributed by atoms with Gasteiger partial charge in [0.2, 0.25) is 5.65 Å². The van der Waals surface area contributed by atoms with Gasteiger partial charge in [0.05, 0.1) is 6.54 Å². The fourth-order valence-corrected chi connectivity index (χ4v) is 2.66. The van der Waals surface area contributed by atoms with Crippen LogP contribution in [0, 0.1) is 0 Å². The first kappa shape index (κ1) is 11.2. The molecule has 0 aliphatic rings. The van der Waals surface area contributed by atoms with Crippen LogP contribution < -0.4 is 5.32 Å². The van der Waals surface area contributed by atoms with Crippen molar-refractivity contribution in [2.24, 2.45) is 0 Å². The molecule has 0 amide bonds. The van der Waals surface area contributed by atoms with Crippen LogP contribution in [0.5, 0.6) is 0 Å². The zero-order chi connectivity index (χ0) is 12.4. The van der Waals surface area contributed by atoms with Crippen LogP contribution in [0.15, 0.2) is 30.9 Å². The standard InChI is InChI=1S/C12H13N5S/c1-2-9-3-4-10(18-9)7-14-11-12-16-15-8-17(12)6-5-13-11/h3-6,8H,2,7H2,1H3,(H,13,14). The molecule has 1 N–H and O–H groups in total. The summed E-state index contributed by atoms with van der Waals surface area (Å²) in [6.07, 6.45) is 6.33. The van der Waals surface area contributed by atoms with Crippen LogP contribution in [0.3, 0.4) is 0 Å². The van der Waals surface area contributed by atoms with Crippen molar-refractivity contribution in [3.63, 3.8) is 0 Å². The van der Waals surface area contributed by atoms with Crippen LogP contribution in [0.25, 0.3) is 5.65 Å². The number of thiophene rings is 1. The fraction of sp³-hybridized carbons (Fsp3) is 0.250. The zero-order valence-corrected chi connectivity index (χ0v) is 10.8. The van der Waals surface area contributed by atoms with E-state index in [1.807, 2.05) is 21.9 Å². The van der Waals surface area contributed by atoms with Gasteiger partial charge in [0.25, 0.3) is 0 Å². The van der Waals surface area contributed by atoms with Gasteiger partial charge in [-0.3, -0.25) is 4.40 Å². The highest BCUT2D eigenvalue weighted by atomic mass is 32.1. The molecule has 0 aliphatic heterocycles. The second-order valence-corrected chi connectivity index (χ2v) is 5.17. The predicted octanol–water partition coefficient (Wildman–Crippen LogP) is 2.36. The molecule has 0 aromatic carbocycles. The number of nitrogens with one attached hydrogen (secondary N) is 1. The molecule has 0 saturated carbocycles. The Labute approximate surface area is 109 Å². The lowest BCUT2D eigenvalue weighted by molar-refractivity contribution is 1.08. The van der Waals surface area contributed by atoms with Crippen LogP contribution in [0.4, 0.5) is 5.82 Å². The molecule has 0 bridgehead atoms. The van der Waals surface area contributed by atoms with E-state index in [4.69, 9.17) is 0 Å². The molecular formula is C12H13N5S. The van der Waals surface area contributed by atoms with Gasteiger partial charge in [-0.05, 0) is 18.6 Å². The Balaban J connectivity index is 1.78. The van der Waals surface area contributed by atoms with E-state index in [0.717, 1.165) is 24.4 Å². The molecule has 3 rings (SSSR count). The van der Waals surface area contributed by atoms with E-state index in [-0.39, 0.29) is 0 Å². The Hall–Kier alpha value is -1.95. The lowest BCUT2D eigenvalue weighted by atomic mass is 10.3. The maximum absolute atomic E-state index is 4.29. The summed E-state index contributed by atoms with van der Waals surface area (Å²) < 4.78 is 1.85. The summed E-state index contributed by atoms with van der Waals surface area (Å²) in [7, 11) is 0. The lowest BCUT2D eigenvalue weighted by Crippen LogP contribution is -2.02. The normalized spacial score (nSPS) is 10.9. The molecule has 0 atom stereocenters. The molecule has 3 aromatic heterocycles. The minimum atomic E-state index is 0.754. The number of rotatable bonds is 4. The number of aryl methyl sites for hydroxylation is 1. The number of hydrogen-bond donors (Lipinski definition) is 1. The highest BCUT2D eigenvalue weighted by Crippen LogP contribution is 2.18. The Morgan fingerprint density at radius 1 is 1.33 bits per heavy atom. The van der Waals surface area contributed by atoms with Gasteiger partial charge in [0, 0.05) is 22.1 Å². The molecule has 0 fully saturated rings. The van der Waals surface area contributed by atoms with Gasteiger partial charge in [-0.25, -0.2) is 4.98 Å². The predicted molar refractivity (Wildman–Crippen MR) is 71.8 cm³/mol. The molecule has 3 aromatic rings. The molecule has 0 unspecified atom stereocenters. The van der Waals surface area contributed by atoms with Crippen molar-refractivity contribution in [1.82, 2.24) is 19.6 Å². The summed E-state index contributed by atoms with van der Waals surface area (Å²) in [5, 5.41) is 11.2. The van der Waals surface area contributed by atoms with Crippen molar-refractivity contribution in [3.05, 3.63) is 40.6 Å². The van der Waals surface area contributed by atoms with Gasteiger partial charge >= 0.3 is 0 Å². The van der Waals surface area contributed by atoms with Crippen LogP contribution >= 0.6 is 11.3 Å². The Morgan fingerprint density at radius 3 is 3.06 bits per heavy atom. The largest absolute Gasteiger partial charge is 0.362 e. The highest BCUT2D eigenvalue weighted by molar-refractivity contribution is 7.12. The van der Waals surface area contributed by atoms with Crippen molar-refractivity contribution < 1.29 is 0 Å². The first-order chi connectivity index (χ1) is 8.86. The van der Waals surface area contributed by atoms with Crippen molar-refractivity contribution in [2.45, 2.75) is 19.9 Å². The average molecular weight is 259 g/mol. The number of aromatic nitrogens is 4. The minimum absolute atomic E-state index is 0.754. The summed E-state index contributed by atoms with van der Waals surface area (Å²) in [6, 6.07) is 4.33. The maximum Gasteiger partial charge on any atom is 0.203 e. The molecular weight excluding hydrogens is 246 g/mol. The van der Waals surface area contributed by atoms with Gasteiger partial charge in [-0.1, -0.05) is 6.92 Å². The van der Waals surface area contributed by atoms with Crippen molar-refractivity contribution >= 4 is 22.8 Å². The van der Waals surface area contributed by atoms with Crippen LogP contribution in [0.1, 0.15) is 16.7 Å². The van der Waals surface area contributed by atoms with Gasteiger partial charge in [-0.15, -0.1) is 21.5 Å². The highest BCUT2D eigenvalue weighted by Gasteiger charge is 2.05. The fourth-order valence-electron chi connectivity index (χ4n) is 1.76. The molecule has 18 heavy (non-hydrogen) atoms. The maximum atomic E-state index is 4.29. The van der Waals surface area contributed by atoms with E-state index in [1.165, 1.54) is 9.75 Å². The summed E-state index contributed by atoms with van der Waals surface area (Å²) in [6.45, 7) is 2.94. The van der Waals surface area contributed by atoms with Crippen LogP contribution in [-0.2, 0) is 13.0 Å². The third-order valence-corrected chi connectivity index (χ3v) is 3.94.